The molecule has 12 heavy (non-hydrogen) atoms. The molecule has 1 aromatic rings. The SMILES string of the molecule is CCC(N)N.Cl.Cn1ccnc1. The molecule has 0 atom stereocenters. The highest BCUT2D eigenvalue weighted by molar-refractivity contribution is 5.85. The van der Waals surface area contributed by atoms with Gasteiger partial charge < -0.3 is 16.0 Å². The van der Waals surface area contributed by atoms with Gasteiger partial charge in [-0.1, -0.05) is 6.92 Å². The molecule has 0 fully saturated rings. The number of imidazole rings is 1. The smallest absolute Gasteiger partial charge is 0.0943 e. The van der Waals surface area contributed by atoms with Gasteiger partial charge >= 0.3 is 0 Å². The summed E-state index contributed by atoms with van der Waals surface area (Å²) >= 11 is 0. The van der Waals surface area contributed by atoms with Gasteiger partial charge in [0.05, 0.1) is 12.5 Å². The Labute approximate surface area is 79.4 Å². The van der Waals surface area contributed by atoms with Gasteiger partial charge in [-0.05, 0) is 6.42 Å². The van der Waals surface area contributed by atoms with Crippen LogP contribution in [0, 0.1) is 0 Å². The zero-order chi connectivity index (χ0) is 8.69. The molecule has 4 nitrogen and oxygen atoms in total. The quantitative estimate of drug-likeness (QED) is 0.636. The van der Waals surface area contributed by atoms with E-state index in [9.17, 15) is 0 Å². The highest BCUT2D eigenvalue weighted by Gasteiger charge is 1.79. The van der Waals surface area contributed by atoms with Crippen LogP contribution in [0.25, 0.3) is 0 Å². The van der Waals surface area contributed by atoms with E-state index in [1.807, 2.05) is 24.7 Å². The minimum absolute atomic E-state index is 0. The van der Waals surface area contributed by atoms with E-state index in [0.29, 0.717) is 0 Å². The highest BCUT2D eigenvalue weighted by Crippen LogP contribution is 1.73. The lowest BCUT2D eigenvalue weighted by Crippen LogP contribution is -2.28. The maximum Gasteiger partial charge on any atom is 0.0943 e. The van der Waals surface area contributed by atoms with Crippen LogP contribution in [-0.2, 0) is 7.05 Å². The largest absolute Gasteiger partial charge is 0.341 e. The first-order valence-electron chi connectivity index (χ1n) is 3.60. The van der Waals surface area contributed by atoms with Crippen molar-refractivity contribution in [1.82, 2.24) is 9.55 Å². The van der Waals surface area contributed by atoms with Crippen LogP contribution in [0.5, 0.6) is 0 Å². The minimum Gasteiger partial charge on any atom is -0.341 e. The molecule has 0 aliphatic rings. The van der Waals surface area contributed by atoms with Gasteiger partial charge in [0.25, 0.3) is 0 Å². The highest BCUT2D eigenvalue weighted by atomic mass is 35.5. The van der Waals surface area contributed by atoms with Gasteiger partial charge in [-0.3, -0.25) is 0 Å². The second kappa shape index (κ2) is 8.52. The standard InChI is InChI=1S/C4H6N2.C3H10N2.ClH/c1-6-3-2-5-4-6;1-2-3(4)5;/h2-4H,1H3;3H,2,4-5H2,1H3;1H. The van der Waals surface area contributed by atoms with Gasteiger partial charge in [0.15, 0.2) is 0 Å². The number of hydrogen-bond donors (Lipinski definition) is 2. The second-order valence-corrected chi connectivity index (χ2v) is 2.30. The summed E-state index contributed by atoms with van der Waals surface area (Å²) in [6, 6.07) is 0. The van der Waals surface area contributed by atoms with Gasteiger partial charge in [-0.2, -0.15) is 0 Å². The van der Waals surface area contributed by atoms with Crippen LogP contribution in [0.4, 0.5) is 0 Å². The maximum atomic E-state index is 5.07. The Bertz CT molecular complexity index is 162. The maximum absolute atomic E-state index is 5.07. The monoisotopic (exact) mass is 192 g/mol. The Kier molecular flexibility index (Phi) is 9.92. The van der Waals surface area contributed by atoms with E-state index in [2.05, 4.69) is 4.98 Å². The Hall–Kier alpha value is -0.580. The second-order valence-electron chi connectivity index (χ2n) is 2.30. The van der Waals surface area contributed by atoms with Crippen molar-refractivity contribution >= 4 is 12.4 Å². The Balaban J connectivity index is 0. The van der Waals surface area contributed by atoms with Crippen LogP contribution in [0.15, 0.2) is 18.7 Å². The summed E-state index contributed by atoms with van der Waals surface area (Å²) in [5, 5.41) is 0. The van der Waals surface area contributed by atoms with Crippen LogP contribution < -0.4 is 11.5 Å². The minimum atomic E-state index is -0.116. The first kappa shape index (κ1) is 14.0. The number of aromatic nitrogens is 2. The summed E-state index contributed by atoms with van der Waals surface area (Å²) in [4.78, 5) is 3.78. The van der Waals surface area contributed by atoms with Crippen LogP contribution in [0.1, 0.15) is 13.3 Å². The number of aryl methyl sites for hydroxylation is 1. The molecule has 72 valence electrons. The molecule has 0 aliphatic heterocycles. The predicted octanol–water partition coefficient (Wildman–Crippen LogP) is 0.482. The van der Waals surface area contributed by atoms with E-state index in [1.165, 1.54) is 0 Å². The van der Waals surface area contributed by atoms with E-state index < -0.39 is 0 Å². The Morgan fingerprint density at radius 2 is 2.00 bits per heavy atom. The lowest BCUT2D eigenvalue weighted by molar-refractivity contribution is 0.682. The Morgan fingerprint density at radius 3 is 2.08 bits per heavy atom. The van der Waals surface area contributed by atoms with Gasteiger partial charge in [0.2, 0.25) is 0 Å². The number of hydrogen-bond acceptors (Lipinski definition) is 3. The van der Waals surface area contributed by atoms with Crippen molar-refractivity contribution in [2.24, 2.45) is 18.5 Å². The molecule has 0 aliphatic carbocycles. The first-order valence-corrected chi connectivity index (χ1v) is 3.60. The summed E-state index contributed by atoms with van der Waals surface area (Å²) in [5.41, 5.74) is 10.1. The average molecular weight is 193 g/mol. The van der Waals surface area contributed by atoms with E-state index >= 15 is 0 Å². The molecule has 0 unspecified atom stereocenters. The molecular formula is C7H17ClN4. The van der Waals surface area contributed by atoms with Gasteiger partial charge in [0.1, 0.15) is 0 Å². The summed E-state index contributed by atoms with van der Waals surface area (Å²) in [6.45, 7) is 1.95. The van der Waals surface area contributed by atoms with Crippen molar-refractivity contribution in [3.8, 4) is 0 Å². The molecule has 0 saturated carbocycles. The topological polar surface area (TPSA) is 69.9 Å². The van der Waals surface area contributed by atoms with E-state index in [1.54, 1.807) is 12.5 Å². The summed E-state index contributed by atoms with van der Waals surface area (Å²) in [5.74, 6) is 0. The lowest BCUT2D eigenvalue weighted by atomic mass is 10.4. The summed E-state index contributed by atoms with van der Waals surface area (Å²) in [6.07, 6.45) is 6.13. The van der Waals surface area contributed by atoms with Crippen molar-refractivity contribution in [2.45, 2.75) is 19.5 Å². The third kappa shape index (κ3) is 9.42. The molecule has 4 N–H and O–H groups in total. The van der Waals surface area contributed by atoms with Crippen molar-refractivity contribution in [2.75, 3.05) is 0 Å². The van der Waals surface area contributed by atoms with Crippen molar-refractivity contribution in [3.63, 3.8) is 0 Å². The molecule has 5 heteroatoms. The molecule has 1 rings (SSSR count). The third-order valence-corrected chi connectivity index (χ3v) is 1.11. The fraction of sp³-hybridized carbons (Fsp3) is 0.571. The van der Waals surface area contributed by atoms with Crippen molar-refractivity contribution < 1.29 is 0 Å². The van der Waals surface area contributed by atoms with Crippen LogP contribution in [0.2, 0.25) is 0 Å². The van der Waals surface area contributed by atoms with E-state index in [-0.39, 0.29) is 18.6 Å². The molecular weight excluding hydrogens is 176 g/mol. The van der Waals surface area contributed by atoms with Crippen LogP contribution in [0.3, 0.4) is 0 Å². The Morgan fingerprint density at radius 1 is 1.50 bits per heavy atom. The number of nitrogens with zero attached hydrogens (tertiary/aromatic N) is 2. The van der Waals surface area contributed by atoms with Gasteiger partial charge in [-0.25, -0.2) is 4.98 Å². The molecule has 0 amide bonds. The molecule has 1 aromatic heterocycles. The zero-order valence-electron chi connectivity index (χ0n) is 7.47. The van der Waals surface area contributed by atoms with Crippen molar-refractivity contribution in [3.05, 3.63) is 18.7 Å². The average Bonchev–Trinajstić information content (AvgIpc) is 2.41. The summed E-state index contributed by atoms with van der Waals surface area (Å²) < 4.78 is 1.89. The molecule has 0 spiro atoms. The zero-order valence-corrected chi connectivity index (χ0v) is 8.29. The van der Waals surface area contributed by atoms with E-state index in [4.69, 9.17) is 11.5 Å². The predicted molar refractivity (Wildman–Crippen MR) is 52.9 cm³/mol. The van der Waals surface area contributed by atoms with Crippen LogP contribution in [-0.4, -0.2) is 15.7 Å². The third-order valence-electron chi connectivity index (χ3n) is 1.11. The molecule has 0 saturated heterocycles. The van der Waals surface area contributed by atoms with E-state index in [0.717, 1.165) is 6.42 Å². The fourth-order valence-corrected chi connectivity index (χ4v) is 0.326. The van der Waals surface area contributed by atoms with Gasteiger partial charge in [0, 0.05) is 19.4 Å². The van der Waals surface area contributed by atoms with Crippen LogP contribution >= 0.6 is 12.4 Å². The summed E-state index contributed by atoms with van der Waals surface area (Å²) in [7, 11) is 1.94. The molecule has 0 aromatic carbocycles. The van der Waals surface area contributed by atoms with Gasteiger partial charge in [-0.15, -0.1) is 12.4 Å². The molecule has 0 radical (unpaired) electrons. The van der Waals surface area contributed by atoms with Crippen molar-refractivity contribution in [1.29, 1.82) is 0 Å². The molecule has 0 bridgehead atoms. The normalized spacial score (nSPS) is 8.42. The number of halogens is 1. The lowest BCUT2D eigenvalue weighted by Gasteiger charge is -1.92. The first-order chi connectivity index (χ1) is 5.16. The molecule has 1 heterocycles. The number of rotatable bonds is 1. The number of nitrogens with two attached hydrogens (primary N) is 2. The fourth-order valence-electron chi connectivity index (χ4n) is 0.326.